The van der Waals surface area contributed by atoms with Gasteiger partial charge >= 0.3 is 15.2 Å². The van der Waals surface area contributed by atoms with Crippen molar-refractivity contribution in [1.29, 1.82) is 0 Å². The summed E-state index contributed by atoms with van der Waals surface area (Å²) in [4.78, 5) is 59.9. The van der Waals surface area contributed by atoms with Gasteiger partial charge in [0, 0.05) is 13.1 Å². The van der Waals surface area contributed by atoms with Gasteiger partial charge in [0.15, 0.2) is 0 Å². The molecule has 10 nitrogen and oxygen atoms in total. The third-order valence-corrected chi connectivity index (χ3v) is 4.29. The van der Waals surface area contributed by atoms with Gasteiger partial charge in [-0.05, 0) is 0 Å². The number of carbonyl (C=O) groups is 2. The van der Waals surface area contributed by atoms with Gasteiger partial charge in [-0.3, -0.25) is 18.9 Å². The largest absolute Gasteiger partial charge is 0.339 e. The van der Waals surface area contributed by atoms with E-state index in [0.717, 1.165) is 9.80 Å². The van der Waals surface area contributed by atoms with Gasteiger partial charge in [-0.15, -0.1) is 0 Å². The van der Waals surface area contributed by atoms with Crippen LogP contribution in [0.2, 0.25) is 0 Å². The minimum Gasteiger partial charge on any atom is -0.324 e. The molecule has 0 saturated carbocycles. The molecule has 0 radical (unpaired) electrons. The molecule has 20 heavy (non-hydrogen) atoms. The quantitative estimate of drug-likeness (QED) is 0.317. The summed E-state index contributed by atoms with van der Waals surface area (Å²) in [5, 5.41) is 0. The molecular formula is C8H16N2O8P2. The van der Waals surface area contributed by atoms with Crippen LogP contribution in [0.25, 0.3) is 0 Å². The van der Waals surface area contributed by atoms with E-state index in [-0.39, 0.29) is 13.1 Å². The summed E-state index contributed by atoms with van der Waals surface area (Å²) in [6.45, 7) is -0.365. The molecule has 1 rings (SSSR count). The molecule has 1 aliphatic rings. The van der Waals surface area contributed by atoms with Crippen LogP contribution in [-0.2, 0) is 18.7 Å². The van der Waals surface area contributed by atoms with Gasteiger partial charge in [-0.1, -0.05) is 0 Å². The second-order valence-corrected chi connectivity index (χ2v) is 7.79. The Morgan fingerprint density at radius 3 is 1.35 bits per heavy atom. The minimum atomic E-state index is -4.40. The summed E-state index contributed by atoms with van der Waals surface area (Å²) >= 11 is 0. The molecule has 0 aromatic carbocycles. The van der Waals surface area contributed by atoms with Crippen LogP contribution in [-0.4, -0.2) is 79.7 Å². The van der Waals surface area contributed by atoms with Crippen molar-refractivity contribution in [3.8, 4) is 0 Å². The predicted octanol–water partition coefficient (Wildman–Crippen LogP) is -1.99. The molecule has 12 heteroatoms. The molecule has 116 valence electrons. The highest BCUT2D eigenvalue weighted by Gasteiger charge is 2.38. The van der Waals surface area contributed by atoms with Crippen molar-refractivity contribution < 1.29 is 38.3 Å². The second-order valence-electron chi connectivity index (χ2n) is 4.56. The maximum Gasteiger partial charge on any atom is 0.339 e. The monoisotopic (exact) mass is 330 g/mol. The second kappa shape index (κ2) is 6.55. The summed E-state index contributed by atoms with van der Waals surface area (Å²) in [5.74, 6) is 0. The van der Waals surface area contributed by atoms with Crippen molar-refractivity contribution in [3.63, 3.8) is 0 Å². The number of aldehydes is 2. The van der Waals surface area contributed by atoms with Crippen LogP contribution in [0.5, 0.6) is 0 Å². The van der Waals surface area contributed by atoms with Gasteiger partial charge in [-0.25, -0.2) is 0 Å². The molecule has 0 aromatic heterocycles. The van der Waals surface area contributed by atoms with Crippen molar-refractivity contribution in [2.45, 2.75) is 12.1 Å². The molecule has 1 aliphatic heterocycles. The molecule has 1 saturated heterocycles. The number of rotatable bonds is 6. The van der Waals surface area contributed by atoms with Crippen LogP contribution in [0.4, 0.5) is 0 Å². The summed E-state index contributed by atoms with van der Waals surface area (Å²) in [7, 11) is -8.81. The van der Waals surface area contributed by atoms with E-state index in [0.29, 0.717) is 12.6 Å². The number of piperazine rings is 1. The molecule has 1 fully saturated rings. The maximum absolute atomic E-state index is 11.0. The van der Waals surface area contributed by atoms with Gasteiger partial charge in [0.1, 0.15) is 25.1 Å². The lowest BCUT2D eigenvalue weighted by molar-refractivity contribution is -0.121. The Balaban J connectivity index is 2.87. The lowest BCUT2D eigenvalue weighted by Gasteiger charge is -2.42. The highest BCUT2D eigenvalue weighted by molar-refractivity contribution is 7.51. The van der Waals surface area contributed by atoms with Crippen molar-refractivity contribution >= 4 is 27.8 Å². The molecule has 0 aromatic rings. The van der Waals surface area contributed by atoms with Gasteiger partial charge in [0.2, 0.25) is 0 Å². The van der Waals surface area contributed by atoms with Gasteiger partial charge in [0.25, 0.3) is 0 Å². The van der Waals surface area contributed by atoms with Crippen LogP contribution in [0.15, 0.2) is 0 Å². The van der Waals surface area contributed by atoms with Crippen molar-refractivity contribution in [1.82, 2.24) is 9.80 Å². The fraction of sp³-hybridized carbons (Fsp3) is 0.750. The zero-order valence-electron chi connectivity index (χ0n) is 10.3. The summed E-state index contributed by atoms with van der Waals surface area (Å²) in [6.07, 6.45) is -0.512. The van der Waals surface area contributed by atoms with Crippen LogP contribution in [0, 0.1) is 0 Å². The number of carbonyl (C=O) groups excluding carboxylic acids is 2. The average Bonchev–Trinajstić information content (AvgIpc) is 2.26. The Hall–Kier alpha value is -0.440. The summed E-state index contributed by atoms with van der Waals surface area (Å²) in [6, 6.07) is -1.88. The molecule has 4 N–H and O–H groups in total. The van der Waals surface area contributed by atoms with Crippen molar-refractivity contribution in [2.75, 3.05) is 25.7 Å². The van der Waals surface area contributed by atoms with E-state index in [4.69, 9.17) is 19.6 Å². The van der Waals surface area contributed by atoms with Crippen LogP contribution in [0.3, 0.4) is 0 Å². The summed E-state index contributed by atoms with van der Waals surface area (Å²) in [5.41, 5.74) is 0. The predicted molar refractivity (Wildman–Crippen MR) is 66.9 cm³/mol. The first-order valence-electron chi connectivity index (χ1n) is 5.53. The smallest absolute Gasteiger partial charge is 0.324 e. The third kappa shape index (κ3) is 5.51. The molecule has 1 heterocycles. The first kappa shape index (κ1) is 17.6. The van der Waals surface area contributed by atoms with Crippen LogP contribution < -0.4 is 0 Å². The van der Waals surface area contributed by atoms with Crippen LogP contribution >= 0.6 is 15.2 Å². The zero-order chi connectivity index (χ0) is 15.6. The fourth-order valence-electron chi connectivity index (χ4n) is 2.04. The third-order valence-electron chi connectivity index (χ3n) is 2.83. The number of nitrogens with zero attached hydrogens (tertiary/aromatic N) is 2. The van der Waals surface area contributed by atoms with Crippen LogP contribution in [0.1, 0.15) is 0 Å². The Morgan fingerprint density at radius 2 is 1.15 bits per heavy atom. The Labute approximate surface area is 114 Å². The topological polar surface area (TPSA) is 156 Å². The van der Waals surface area contributed by atoms with Gasteiger partial charge < -0.3 is 29.2 Å². The van der Waals surface area contributed by atoms with Crippen molar-refractivity contribution in [2.24, 2.45) is 0 Å². The van der Waals surface area contributed by atoms with Gasteiger partial charge in [0.05, 0.1) is 12.1 Å². The normalized spacial score (nSPS) is 26.4. The molecule has 0 amide bonds. The number of hydrogen-bond donors (Lipinski definition) is 4. The first-order valence-corrected chi connectivity index (χ1v) is 9.13. The fourth-order valence-corrected chi connectivity index (χ4v) is 3.64. The standard InChI is InChI=1S/C8H16N2O8P2/c11-3-7-1-9(5-19(13,14)15)8(4-12)2-10(7)6-20(16,17)18/h3-4,7-8H,1-2,5-6H2,(H2,13,14,15)(H2,16,17,18). The van der Waals surface area contributed by atoms with E-state index in [9.17, 15) is 18.7 Å². The molecule has 2 unspecified atom stereocenters. The van der Waals surface area contributed by atoms with Gasteiger partial charge in [-0.2, -0.15) is 0 Å². The maximum atomic E-state index is 11.0. The molecule has 0 aliphatic carbocycles. The molecule has 0 bridgehead atoms. The lowest BCUT2D eigenvalue weighted by atomic mass is 10.1. The SMILES string of the molecule is O=CC1CN(CP(=O)(O)O)C(C=O)CN1CP(=O)(O)O. The van der Waals surface area contributed by atoms with E-state index in [1.54, 1.807) is 0 Å². The van der Waals surface area contributed by atoms with E-state index < -0.39 is 39.8 Å². The molecule has 0 spiro atoms. The van der Waals surface area contributed by atoms with E-state index >= 15 is 0 Å². The van der Waals surface area contributed by atoms with Crippen molar-refractivity contribution in [3.05, 3.63) is 0 Å². The highest BCUT2D eigenvalue weighted by Crippen LogP contribution is 2.39. The van der Waals surface area contributed by atoms with E-state index in [1.165, 1.54) is 0 Å². The Kier molecular flexibility index (Phi) is 5.77. The molecule has 2 atom stereocenters. The minimum absolute atomic E-state index is 0.183. The Morgan fingerprint density at radius 1 is 0.850 bits per heavy atom. The zero-order valence-corrected chi connectivity index (χ0v) is 12.1. The number of hydrogen-bond acceptors (Lipinski definition) is 6. The highest BCUT2D eigenvalue weighted by atomic mass is 31.2. The summed E-state index contributed by atoms with van der Waals surface area (Å²) < 4.78 is 22.0. The van der Waals surface area contributed by atoms with E-state index in [1.807, 2.05) is 0 Å². The van der Waals surface area contributed by atoms with E-state index in [2.05, 4.69) is 0 Å². The average molecular weight is 330 g/mol. The molecular weight excluding hydrogens is 314 g/mol. The lowest BCUT2D eigenvalue weighted by Crippen LogP contribution is -2.59. The Bertz CT molecular complexity index is 417. The first-order chi connectivity index (χ1) is 9.05.